The van der Waals surface area contributed by atoms with Crippen molar-refractivity contribution in [1.29, 1.82) is 0 Å². The molecule has 1 aliphatic rings. The summed E-state index contributed by atoms with van der Waals surface area (Å²) in [5.41, 5.74) is 1.46. The van der Waals surface area contributed by atoms with E-state index in [9.17, 15) is 9.59 Å². The summed E-state index contributed by atoms with van der Waals surface area (Å²) in [5.74, 6) is -0.562. The Morgan fingerprint density at radius 3 is 1.38 bits per heavy atom. The van der Waals surface area contributed by atoms with Gasteiger partial charge < -0.3 is 0 Å². The molecule has 0 saturated carbocycles. The zero-order valence-electron chi connectivity index (χ0n) is 11.3. The van der Waals surface area contributed by atoms with Crippen LogP contribution in [0, 0.1) is 0 Å². The normalized spacial score (nSPS) is 12.9. The smallest absolute Gasteiger partial charge is 0.266 e. The summed E-state index contributed by atoms with van der Waals surface area (Å²) in [7, 11) is 0. The molecule has 0 aromatic heterocycles. The maximum Gasteiger partial charge on any atom is 0.266 e. The number of amides is 2. The quantitative estimate of drug-likeness (QED) is 0.745. The third-order valence-electron chi connectivity index (χ3n) is 3.25. The van der Waals surface area contributed by atoms with Gasteiger partial charge in [0.2, 0.25) is 0 Å². The largest absolute Gasteiger partial charge is 0.268 e. The molecule has 1 heterocycles. The number of anilines is 1. The van der Waals surface area contributed by atoms with E-state index in [2.05, 4.69) is 0 Å². The Morgan fingerprint density at radius 2 is 0.905 bits per heavy atom. The van der Waals surface area contributed by atoms with Gasteiger partial charge in [-0.05, 0) is 24.3 Å². The Bertz CT molecular complexity index is 706. The Morgan fingerprint density at radius 1 is 0.524 bits per heavy atom. The number of imide groups is 1. The predicted octanol–water partition coefficient (Wildman–Crippen LogP) is 3.61. The van der Waals surface area contributed by atoms with Crippen molar-refractivity contribution in [2.24, 2.45) is 0 Å². The minimum Gasteiger partial charge on any atom is -0.268 e. The predicted molar refractivity (Wildman–Crippen MR) is 81.7 cm³/mol. The number of carbonyl (C=O) groups excluding carboxylic acids is 2. The third-order valence-corrected chi connectivity index (χ3v) is 3.25. The summed E-state index contributed by atoms with van der Waals surface area (Å²) in [4.78, 5) is 26.1. The lowest BCUT2D eigenvalue weighted by molar-refractivity contribution is 0.0926. The molecule has 0 saturated heterocycles. The van der Waals surface area contributed by atoms with E-state index in [1.54, 1.807) is 48.5 Å². The first kappa shape index (κ1) is 13.1. The molecule has 0 aliphatic carbocycles. The van der Waals surface area contributed by atoms with Gasteiger partial charge in [0.15, 0.2) is 0 Å². The van der Waals surface area contributed by atoms with E-state index < -0.39 is 0 Å². The van der Waals surface area contributed by atoms with Crippen molar-refractivity contribution in [3.05, 3.63) is 90.0 Å². The van der Waals surface area contributed by atoms with Crippen LogP contribution < -0.4 is 4.90 Å². The van der Waals surface area contributed by atoms with Crippen LogP contribution in [-0.4, -0.2) is 11.8 Å². The summed E-state index contributed by atoms with van der Waals surface area (Å²) in [6.07, 6.45) is 0. The minimum atomic E-state index is -0.281. The SMILES string of the molecule is O=C1c2ccccc2C(=O)N1c1ccccccccc1. The van der Waals surface area contributed by atoms with Crippen molar-refractivity contribution < 1.29 is 9.59 Å². The lowest BCUT2D eigenvalue weighted by atomic mass is 10.1. The van der Waals surface area contributed by atoms with Gasteiger partial charge in [-0.2, -0.15) is 0 Å². The Hall–Kier alpha value is -2.94. The number of benzene rings is 1. The molecule has 3 heteroatoms. The molecule has 3 rings (SSSR count). The van der Waals surface area contributed by atoms with Crippen LogP contribution in [0.15, 0.2) is 78.9 Å². The number of rotatable bonds is 1. The zero-order valence-corrected chi connectivity index (χ0v) is 11.3. The maximum atomic E-state index is 12.4. The van der Waals surface area contributed by atoms with Gasteiger partial charge in [-0.25, -0.2) is 4.90 Å². The Kier molecular flexibility index (Phi) is 3.48. The number of hydrogen-bond acceptors (Lipinski definition) is 2. The molecule has 3 nitrogen and oxygen atoms in total. The fourth-order valence-corrected chi connectivity index (χ4v) is 2.26. The van der Waals surface area contributed by atoms with Crippen molar-refractivity contribution in [2.45, 2.75) is 0 Å². The molecule has 0 unspecified atom stereocenters. The highest BCUT2D eigenvalue weighted by Gasteiger charge is 2.35. The second kappa shape index (κ2) is 5.59. The van der Waals surface area contributed by atoms with E-state index in [0.717, 1.165) is 0 Å². The molecule has 2 aromatic carbocycles. The van der Waals surface area contributed by atoms with Crippen LogP contribution in [-0.2, 0) is 0 Å². The van der Waals surface area contributed by atoms with Crippen molar-refractivity contribution >= 4 is 17.5 Å². The Labute approximate surface area is 122 Å². The Balaban J connectivity index is 2.11. The van der Waals surface area contributed by atoms with E-state index in [-0.39, 0.29) is 11.8 Å². The van der Waals surface area contributed by atoms with Gasteiger partial charge in [0, 0.05) is 0 Å². The van der Waals surface area contributed by atoms with Crippen molar-refractivity contribution in [3.63, 3.8) is 0 Å². The monoisotopic (exact) mass is 275 g/mol. The van der Waals surface area contributed by atoms with E-state index in [0.29, 0.717) is 16.8 Å². The minimum absolute atomic E-state index is 0.281. The summed E-state index contributed by atoms with van der Waals surface area (Å²) in [6.45, 7) is 0. The molecule has 102 valence electrons. The van der Waals surface area contributed by atoms with Gasteiger partial charge in [-0.15, -0.1) is 0 Å². The summed E-state index contributed by atoms with van der Waals surface area (Å²) >= 11 is 0. The van der Waals surface area contributed by atoms with Crippen molar-refractivity contribution in [3.8, 4) is 0 Å². The molecule has 1 aliphatic heterocycles. The van der Waals surface area contributed by atoms with Crippen LogP contribution in [0.4, 0.5) is 5.69 Å². The molecule has 0 bridgehead atoms. The van der Waals surface area contributed by atoms with Crippen LogP contribution in [0.25, 0.3) is 0 Å². The van der Waals surface area contributed by atoms with Crippen LogP contribution in [0.2, 0.25) is 0 Å². The second-order valence-corrected chi connectivity index (χ2v) is 4.60. The molecule has 0 fully saturated rings. The average molecular weight is 275 g/mol. The highest BCUT2D eigenvalue weighted by Crippen LogP contribution is 2.27. The zero-order chi connectivity index (χ0) is 14.7. The van der Waals surface area contributed by atoms with Gasteiger partial charge >= 0.3 is 0 Å². The topological polar surface area (TPSA) is 37.4 Å². The standard InChI is InChI=1S/C18H13NO2/c20-17-15-12-8-9-13-16(15)18(21)19(17)14-10-6-4-2-1-3-5-7-11-14/h1-13H. The number of carbonyl (C=O) groups is 2. The lowest BCUT2D eigenvalue weighted by Gasteiger charge is -2.12. The highest BCUT2D eigenvalue weighted by atomic mass is 16.2. The fourth-order valence-electron chi connectivity index (χ4n) is 2.26. The van der Waals surface area contributed by atoms with Gasteiger partial charge in [0.25, 0.3) is 11.8 Å². The maximum absolute atomic E-state index is 12.4. The van der Waals surface area contributed by atoms with Crippen LogP contribution >= 0.6 is 0 Å². The van der Waals surface area contributed by atoms with Crippen LogP contribution in [0.5, 0.6) is 0 Å². The van der Waals surface area contributed by atoms with E-state index in [1.807, 2.05) is 30.3 Å². The average Bonchev–Trinajstić information content (AvgIpc) is 2.77. The van der Waals surface area contributed by atoms with Crippen LogP contribution in [0.3, 0.4) is 0 Å². The van der Waals surface area contributed by atoms with E-state index in [4.69, 9.17) is 0 Å². The molecule has 0 spiro atoms. The number of fused-ring (bicyclic) bond motifs is 1. The summed E-state index contributed by atoms with van der Waals surface area (Å²) in [6, 6.07) is 23.4. The first-order valence-corrected chi connectivity index (χ1v) is 6.65. The lowest BCUT2D eigenvalue weighted by Crippen LogP contribution is -2.29. The molecule has 0 radical (unpaired) electrons. The van der Waals surface area contributed by atoms with Crippen molar-refractivity contribution in [2.75, 3.05) is 4.90 Å². The molecular formula is C18H13NO2. The number of nitrogens with zero attached hydrogens (tertiary/aromatic N) is 1. The van der Waals surface area contributed by atoms with Crippen molar-refractivity contribution in [1.82, 2.24) is 0 Å². The molecule has 0 atom stereocenters. The van der Waals surface area contributed by atoms with Gasteiger partial charge in [0.1, 0.15) is 0 Å². The second-order valence-electron chi connectivity index (χ2n) is 4.60. The van der Waals surface area contributed by atoms with Crippen LogP contribution in [0.1, 0.15) is 20.7 Å². The first-order valence-electron chi connectivity index (χ1n) is 6.65. The molecule has 2 amide bonds. The summed E-state index contributed by atoms with van der Waals surface area (Å²) in [5, 5.41) is 0. The molecular weight excluding hydrogens is 262 g/mol. The highest BCUT2D eigenvalue weighted by molar-refractivity contribution is 6.34. The number of hydrogen-bond donors (Lipinski definition) is 0. The summed E-state index contributed by atoms with van der Waals surface area (Å²) < 4.78 is 0. The van der Waals surface area contributed by atoms with E-state index in [1.165, 1.54) is 4.90 Å². The molecule has 2 aromatic rings. The van der Waals surface area contributed by atoms with Gasteiger partial charge in [-0.3, -0.25) is 9.59 Å². The van der Waals surface area contributed by atoms with Gasteiger partial charge in [0.05, 0.1) is 16.8 Å². The van der Waals surface area contributed by atoms with E-state index >= 15 is 0 Å². The molecule has 0 N–H and O–H groups in total. The third kappa shape index (κ3) is 2.41. The first-order chi connectivity index (χ1) is 10.3. The fraction of sp³-hybridized carbons (Fsp3) is 0. The molecule has 21 heavy (non-hydrogen) atoms. The van der Waals surface area contributed by atoms with Gasteiger partial charge in [-0.1, -0.05) is 54.6 Å².